The molecule has 24 heavy (non-hydrogen) atoms. The molecule has 0 N–H and O–H groups in total. The number of carbonyl (C=O) groups excluding carboxylic acids is 2. The Morgan fingerprint density at radius 3 is 1.42 bits per heavy atom. The van der Waals surface area contributed by atoms with E-state index >= 15 is 0 Å². The maximum absolute atomic E-state index is 12.6. The SMILES string of the molecule is O=C(c1cnccn1)N(C(=S)S)N(C(=O)c1cnccn1)C(=S)S. The highest BCUT2D eigenvalue weighted by Gasteiger charge is 2.33. The van der Waals surface area contributed by atoms with Crippen molar-refractivity contribution in [1.82, 2.24) is 30.0 Å². The zero-order chi connectivity index (χ0) is 17.7. The number of nitrogens with zero attached hydrogens (tertiary/aromatic N) is 6. The Morgan fingerprint density at radius 1 is 0.792 bits per heavy atom. The van der Waals surface area contributed by atoms with Gasteiger partial charge in [-0.1, -0.05) is 24.4 Å². The summed E-state index contributed by atoms with van der Waals surface area (Å²) in [5.41, 5.74) is -0.120. The molecule has 0 radical (unpaired) electrons. The Morgan fingerprint density at radius 2 is 1.17 bits per heavy atom. The predicted molar refractivity (Wildman–Crippen MR) is 99.6 cm³/mol. The van der Waals surface area contributed by atoms with E-state index in [0.717, 1.165) is 10.0 Å². The number of amides is 2. The molecular weight excluding hydrogens is 388 g/mol. The standard InChI is InChI=1S/C12H8N6O2S4/c19-9(7-5-13-1-3-15-7)17(11(21)22)18(12(23)24)10(20)8-6-14-2-4-16-8/h1-6H,(H,21,22)(H,23,24). The molecule has 0 saturated heterocycles. The average molecular weight is 397 g/mol. The summed E-state index contributed by atoms with van der Waals surface area (Å²) in [6.45, 7) is 0. The molecule has 0 aliphatic rings. The average Bonchev–Trinajstić information content (AvgIpc) is 2.59. The summed E-state index contributed by atoms with van der Waals surface area (Å²) in [6, 6.07) is 0. The lowest BCUT2D eigenvalue weighted by molar-refractivity contribution is 0.0482. The molecule has 8 nitrogen and oxygen atoms in total. The molecule has 2 rings (SSSR count). The minimum atomic E-state index is -0.753. The van der Waals surface area contributed by atoms with E-state index in [4.69, 9.17) is 24.4 Å². The first-order valence-electron chi connectivity index (χ1n) is 6.10. The first-order chi connectivity index (χ1) is 11.4. The molecule has 0 aromatic carbocycles. The summed E-state index contributed by atoms with van der Waals surface area (Å²) in [7, 11) is 0. The van der Waals surface area contributed by atoms with E-state index in [1.807, 2.05) is 0 Å². The van der Waals surface area contributed by atoms with Crippen molar-refractivity contribution in [1.29, 1.82) is 0 Å². The minimum absolute atomic E-state index is 0.0598. The van der Waals surface area contributed by atoms with Crippen LogP contribution in [0.25, 0.3) is 0 Å². The third-order valence-corrected chi connectivity index (χ3v) is 3.24. The molecule has 0 aliphatic heterocycles. The topological polar surface area (TPSA) is 92.2 Å². The first kappa shape index (κ1) is 18.3. The molecule has 0 bridgehead atoms. The number of rotatable bonds is 2. The van der Waals surface area contributed by atoms with Crippen LogP contribution in [0.3, 0.4) is 0 Å². The summed E-state index contributed by atoms with van der Waals surface area (Å²) in [5, 5.41) is 1.52. The van der Waals surface area contributed by atoms with E-state index in [9.17, 15) is 9.59 Å². The molecule has 2 aromatic rings. The molecule has 0 atom stereocenters. The normalized spacial score (nSPS) is 9.92. The maximum Gasteiger partial charge on any atom is 0.299 e. The fraction of sp³-hybridized carbons (Fsp3) is 0. The molecule has 0 spiro atoms. The van der Waals surface area contributed by atoms with Gasteiger partial charge in [-0.3, -0.25) is 19.6 Å². The Labute approximate surface area is 158 Å². The van der Waals surface area contributed by atoms with Crippen LogP contribution in [-0.4, -0.2) is 50.4 Å². The second-order valence-corrected chi connectivity index (χ2v) is 6.21. The van der Waals surface area contributed by atoms with Crippen LogP contribution in [0.2, 0.25) is 0 Å². The number of carbonyl (C=O) groups is 2. The molecule has 2 amide bonds. The van der Waals surface area contributed by atoms with Crippen LogP contribution in [-0.2, 0) is 0 Å². The number of aromatic nitrogens is 4. The fourth-order valence-corrected chi connectivity index (χ4v) is 2.25. The van der Waals surface area contributed by atoms with Gasteiger partial charge in [-0.05, 0) is 0 Å². The summed E-state index contributed by atoms with van der Waals surface area (Å²) >= 11 is 17.9. The first-order valence-corrected chi connectivity index (χ1v) is 7.81. The van der Waals surface area contributed by atoms with Crippen LogP contribution >= 0.6 is 49.7 Å². The van der Waals surface area contributed by atoms with Gasteiger partial charge in [-0.15, -0.1) is 25.3 Å². The summed E-state index contributed by atoms with van der Waals surface area (Å²) in [4.78, 5) is 40.6. The summed E-state index contributed by atoms with van der Waals surface area (Å²) < 4.78 is -0.474. The Bertz CT molecular complexity index is 721. The number of hydrogen-bond donors (Lipinski definition) is 2. The lowest BCUT2D eigenvalue weighted by Crippen LogP contribution is -2.52. The second kappa shape index (κ2) is 8.19. The van der Waals surface area contributed by atoms with Crippen molar-refractivity contribution in [2.45, 2.75) is 0 Å². The second-order valence-electron chi connectivity index (χ2n) is 3.98. The van der Waals surface area contributed by atoms with Crippen molar-refractivity contribution in [3.63, 3.8) is 0 Å². The van der Waals surface area contributed by atoms with Crippen LogP contribution in [0, 0.1) is 0 Å². The van der Waals surface area contributed by atoms with E-state index in [1.54, 1.807) is 0 Å². The quantitative estimate of drug-likeness (QED) is 0.444. The van der Waals surface area contributed by atoms with Crippen LogP contribution in [0.1, 0.15) is 21.0 Å². The van der Waals surface area contributed by atoms with Crippen LogP contribution < -0.4 is 0 Å². The molecule has 12 heteroatoms. The van der Waals surface area contributed by atoms with Gasteiger partial charge in [0.1, 0.15) is 11.4 Å². The van der Waals surface area contributed by atoms with Gasteiger partial charge in [-0.25, -0.2) is 9.97 Å². The third-order valence-electron chi connectivity index (χ3n) is 2.51. The Balaban J connectivity index is 2.46. The molecule has 0 aliphatic carbocycles. The van der Waals surface area contributed by atoms with E-state index in [2.05, 4.69) is 45.2 Å². The highest BCUT2D eigenvalue weighted by Crippen LogP contribution is 2.15. The molecule has 2 aromatic heterocycles. The van der Waals surface area contributed by atoms with Gasteiger partial charge in [0.15, 0.2) is 8.64 Å². The zero-order valence-corrected chi connectivity index (χ0v) is 15.1. The van der Waals surface area contributed by atoms with Gasteiger partial charge in [-0.2, -0.15) is 10.0 Å². The van der Waals surface area contributed by atoms with Gasteiger partial charge in [0, 0.05) is 24.8 Å². The molecule has 0 saturated carbocycles. The van der Waals surface area contributed by atoms with Gasteiger partial charge >= 0.3 is 0 Å². The molecule has 122 valence electrons. The van der Waals surface area contributed by atoms with Gasteiger partial charge in [0.05, 0.1) is 12.4 Å². The number of thiol groups is 2. The highest BCUT2D eigenvalue weighted by atomic mass is 32.1. The van der Waals surface area contributed by atoms with Crippen molar-refractivity contribution < 1.29 is 9.59 Å². The van der Waals surface area contributed by atoms with Crippen LogP contribution in [0.15, 0.2) is 37.2 Å². The zero-order valence-electron chi connectivity index (χ0n) is 11.7. The largest absolute Gasteiger partial charge is 0.299 e. The van der Waals surface area contributed by atoms with Gasteiger partial charge < -0.3 is 0 Å². The fourth-order valence-electron chi connectivity index (χ4n) is 1.56. The lowest BCUT2D eigenvalue weighted by Gasteiger charge is -2.31. The predicted octanol–water partition coefficient (Wildman–Crippen LogP) is 1.20. The van der Waals surface area contributed by atoms with Crippen LogP contribution in [0.5, 0.6) is 0 Å². The van der Waals surface area contributed by atoms with Crippen molar-refractivity contribution in [3.8, 4) is 0 Å². The smallest absolute Gasteiger partial charge is 0.265 e. The van der Waals surface area contributed by atoms with E-state index in [-0.39, 0.29) is 20.0 Å². The molecule has 0 unspecified atom stereocenters. The Hall–Kier alpha value is -2.02. The number of thiocarbonyl (C=S) groups is 2. The third kappa shape index (κ3) is 4.08. The minimum Gasteiger partial charge on any atom is -0.265 e. The van der Waals surface area contributed by atoms with E-state index < -0.39 is 11.8 Å². The number of hydrogen-bond acceptors (Lipinski definition) is 8. The molecule has 0 fully saturated rings. The lowest BCUT2D eigenvalue weighted by atomic mass is 10.4. The van der Waals surface area contributed by atoms with E-state index in [1.165, 1.54) is 37.2 Å². The maximum atomic E-state index is 12.6. The highest BCUT2D eigenvalue weighted by molar-refractivity contribution is 8.11. The van der Waals surface area contributed by atoms with Crippen molar-refractivity contribution in [2.75, 3.05) is 0 Å². The van der Waals surface area contributed by atoms with E-state index in [0.29, 0.717) is 0 Å². The number of hydrazine groups is 1. The van der Waals surface area contributed by atoms with Crippen molar-refractivity contribution >= 4 is 70.1 Å². The molecular formula is C12H8N6O2S4. The van der Waals surface area contributed by atoms with Crippen LogP contribution in [0.4, 0.5) is 0 Å². The van der Waals surface area contributed by atoms with Gasteiger partial charge in [0.2, 0.25) is 0 Å². The molecule has 2 heterocycles. The van der Waals surface area contributed by atoms with Gasteiger partial charge in [0.25, 0.3) is 11.8 Å². The summed E-state index contributed by atoms with van der Waals surface area (Å²) in [6.07, 6.45) is 7.86. The Kier molecular flexibility index (Phi) is 6.25. The van der Waals surface area contributed by atoms with Crippen molar-refractivity contribution in [2.24, 2.45) is 0 Å². The monoisotopic (exact) mass is 396 g/mol. The summed E-state index contributed by atoms with van der Waals surface area (Å²) in [5.74, 6) is -1.51. The van der Waals surface area contributed by atoms with Crippen molar-refractivity contribution in [3.05, 3.63) is 48.6 Å².